The van der Waals surface area contributed by atoms with Crippen LogP contribution in [-0.4, -0.2) is 38.9 Å². The molecule has 0 aliphatic carbocycles. The molecule has 0 radical (unpaired) electrons. The van der Waals surface area contributed by atoms with Crippen LogP contribution < -0.4 is 4.74 Å². The molecule has 1 aromatic carbocycles. The Balaban J connectivity index is 2.39. The van der Waals surface area contributed by atoms with Crippen LogP contribution in [-0.2, 0) is 9.05 Å². The molecule has 0 saturated carbocycles. The van der Waals surface area contributed by atoms with Gasteiger partial charge in [0.05, 0.1) is 17.1 Å². The fourth-order valence-electron chi connectivity index (χ4n) is 2.26. The standard InChI is InChI=1S/C14H18ClNO4S/c1-2-9-20-13-6-5-11(21(15,18)19)10-12(13)14(17)16-7-3-4-8-16/h5-6,10H,2-4,7-9H2,1H3. The second-order valence-corrected chi connectivity index (χ2v) is 7.51. The van der Waals surface area contributed by atoms with E-state index in [0.717, 1.165) is 19.3 Å². The lowest BCUT2D eigenvalue weighted by Gasteiger charge is -2.18. The first-order valence-corrected chi connectivity index (χ1v) is 9.25. The van der Waals surface area contributed by atoms with Gasteiger partial charge in [-0.1, -0.05) is 6.92 Å². The summed E-state index contributed by atoms with van der Waals surface area (Å²) in [6, 6.07) is 4.15. The van der Waals surface area contributed by atoms with Crippen molar-refractivity contribution in [2.24, 2.45) is 0 Å². The Labute approximate surface area is 129 Å². The molecule has 21 heavy (non-hydrogen) atoms. The number of amides is 1. The number of halogens is 1. The van der Waals surface area contributed by atoms with Crippen molar-refractivity contribution in [1.82, 2.24) is 4.90 Å². The highest BCUT2D eigenvalue weighted by Gasteiger charge is 2.24. The van der Waals surface area contributed by atoms with Gasteiger partial charge in [0.2, 0.25) is 0 Å². The topological polar surface area (TPSA) is 63.7 Å². The third-order valence-electron chi connectivity index (χ3n) is 3.32. The highest BCUT2D eigenvalue weighted by Crippen LogP contribution is 2.27. The van der Waals surface area contributed by atoms with Crippen molar-refractivity contribution >= 4 is 25.6 Å². The molecule has 1 saturated heterocycles. The first-order chi connectivity index (χ1) is 9.93. The summed E-state index contributed by atoms with van der Waals surface area (Å²) in [6.07, 6.45) is 2.72. The van der Waals surface area contributed by atoms with Crippen molar-refractivity contribution in [3.63, 3.8) is 0 Å². The van der Waals surface area contributed by atoms with Gasteiger partial charge in [-0.3, -0.25) is 4.79 Å². The van der Waals surface area contributed by atoms with E-state index >= 15 is 0 Å². The number of rotatable bonds is 5. The van der Waals surface area contributed by atoms with E-state index in [4.69, 9.17) is 15.4 Å². The average molecular weight is 332 g/mol. The number of benzene rings is 1. The van der Waals surface area contributed by atoms with Crippen LogP contribution in [0.3, 0.4) is 0 Å². The van der Waals surface area contributed by atoms with Gasteiger partial charge >= 0.3 is 0 Å². The van der Waals surface area contributed by atoms with Gasteiger partial charge in [-0.25, -0.2) is 8.42 Å². The van der Waals surface area contributed by atoms with Crippen LogP contribution in [0.15, 0.2) is 23.1 Å². The van der Waals surface area contributed by atoms with Gasteiger partial charge in [0, 0.05) is 23.8 Å². The summed E-state index contributed by atoms with van der Waals surface area (Å²) in [4.78, 5) is 14.1. The van der Waals surface area contributed by atoms with E-state index in [1.807, 2.05) is 6.92 Å². The highest BCUT2D eigenvalue weighted by atomic mass is 35.7. The van der Waals surface area contributed by atoms with Gasteiger partial charge in [0.15, 0.2) is 0 Å². The first kappa shape index (κ1) is 16.1. The zero-order chi connectivity index (χ0) is 15.5. The van der Waals surface area contributed by atoms with E-state index in [-0.39, 0.29) is 16.4 Å². The Hall–Kier alpha value is -1.27. The maximum atomic E-state index is 12.5. The van der Waals surface area contributed by atoms with Gasteiger partial charge in [0.25, 0.3) is 15.0 Å². The minimum atomic E-state index is -3.87. The number of carbonyl (C=O) groups is 1. The first-order valence-electron chi connectivity index (χ1n) is 6.94. The number of hydrogen-bond donors (Lipinski definition) is 0. The Morgan fingerprint density at radius 3 is 2.57 bits per heavy atom. The zero-order valence-electron chi connectivity index (χ0n) is 11.8. The number of nitrogens with zero attached hydrogens (tertiary/aromatic N) is 1. The van der Waals surface area contributed by atoms with Crippen molar-refractivity contribution in [3.8, 4) is 5.75 Å². The second-order valence-electron chi connectivity index (χ2n) is 4.94. The van der Waals surface area contributed by atoms with Gasteiger partial charge in [0.1, 0.15) is 5.75 Å². The van der Waals surface area contributed by atoms with Crippen molar-refractivity contribution < 1.29 is 17.9 Å². The van der Waals surface area contributed by atoms with Gasteiger partial charge in [-0.05, 0) is 37.5 Å². The number of carbonyl (C=O) groups excluding carboxylic acids is 1. The van der Waals surface area contributed by atoms with Crippen LogP contribution in [0.4, 0.5) is 0 Å². The lowest BCUT2D eigenvalue weighted by atomic mass is 10.1. The van der Waals surface area contributed by atoms with Crippen LogP contribution >= 0.6 is 10.7 Å². The quantitative estimate of drug-likeness (QED) is 0.778. The minimum absolute atomic E-state index is 0.0874. The van der Waals surface area contributed by atoms with Crippen molar-refractivity contribution in [3.05, 3.63) is 23.8 Å². The number of ether oxygens (including phenoxy) is 1. The molecule has 2 rings (SSSR count). The fourth-order valence-corrected chi connectivity index (χ4v) is 3.03. The summed E-state index contributed by atoms with van der Waals surface area (Å²) in [5.74, 6) is 0.193. The van der Waals surface area contributed by atoms with Crippen molar-refractivity contribution in [1.29, 1.82) is 0 Å². The molecule has 1 aliphatic rings. The zero-order valence-corrected chi connectivity index (χ0v) is 13.4. The van der Waals surface area contributed by atoms with Crippen LogP contribution in [0.1, 0.15) is 36.5 Å². The van der Waals surface area contributed by atoms with Crippen molar-refractivity contribution in [2.45, 2.75) is 31.1 Å². The molecule has 1 amide bonds. The van der Waals surface area contributed by atoms with E-state index in [9.17, 15) is 13.2 Å². The third kappa shape index (κ3) is 3.89. The summed E-state index contributed by atoms with van der Waals surface area (Å²) in [5, 5.41) is 0. The van der Waals surface area contributed by atoms with Crippen LogP contribution in [0.2, 0.25) is 0 Å². The van der Waals surface area contributed by atoms with Crippen molar-refractivity contribution in [2.75, 3.05) is 19.7 Å². The Morgan fingerprint density at radius 2 is 2.00 bits per heavy atom. The molecule has 1 heterocycles. The van der Waals surface area contributed by atoms with E-state index < -0.39 is 9.05 Å². The predicted molar refractivity (Wildman–Crippen MR) is 80.4 cm³/mol. The number of likely N-dealkylation sites (tertiary alicyclic amines) is 1. The normalized spacial score (nSPS) is 15.2. The molecular formula is C14H18ClNO4S. The summed E-state index contributed by atoms with van der Waals surface area (Å²) < 4.78 is 28.5. The Bertz CT molecular complexity index is 624. The second kappa shape index (κ2) is 6.66. The molecule has 7 heteroatoms. The molecule has 5 nitrogen and oxygen atoms in total. The maximum Gasteiger partial charge on any atom is 0.261 e. The van der Waals surface area contributed by atoms with E-state index in [1.165, 1.54) is 18.2 Å². The fraction of sp³-hybridized carbons (Fsp3) is 0.500. The molecule has 1 fully saturated rings. The smallest absolute Gasteiger partial charge is 0.261 e. The molecule has 1 aliphatic heterocycles. The molecule has 116 valence electrons. The molecule has 0 bridgehead atoms. The van der Waals surface area contributed by atoms with E-state index in [1.54, 1.807) is 4.90 Å². The molecular weight excluding hydrogens is 314 g/mol. The van der Waals surface area contributed by atoms with E-state index in [0.29, 0.717) is 25.4 Å². The Kier molecular flexibility index (Phi) is 5.11. The molecule has 0 N–H and O–H groups in total. The molecule has 0 atom stereocenters. The summed E-state index contributed by atoms with van der Waals surface area (Å²) in [6.45, 7) is 3.79. The predicted octanol–water partition coefficient (Wildman–Crippen LogP) is 2.64. The third-order valence-corrected chi connectivity index (χ3v) is 4.67. The minimum Gasteiger partial charge on any atom is -0.493 e. The molecule has 0 unspecified atom stereocenters. The summed E-state index contributed by atoms with van der Waals surface area (Å²) >= 11 is 0. The highest BCUT2D eigenvalue weighted by molar-refractivity contribution is 8.13. The van der Waals surface area contributed by atoms with Gasteiger partial charge in [-0.2, -0.15) is 0 Å². The summed E-state index contributed by atoms with van der Waals surface area (Å²) in [7, 11) is 1.48. The van der Waals surface area contributed by atoms with Gasteiger partial charge in [-0.15, -0.1) is 0 Å². The molecule has 0 spiro atoms. The maximum absolute atomic E-state index is 12.5. The van der Waals surface area contributed by atoms with Crippen LogP contribution in [0.5, 0.6) is 5.75 Å². The van der Waals surface area contributed by atoms with Gasteiger partial charge < -0.3 is 9.64 Å². The van der Waals surface area contributed by atoms with Crippen LogP contribution in [0, 0.1) is 0 Å². The molecule has 0 aromatic heterocycles. The molecule has 1 aromatic rings. The van der Waals surface area contributed by atoms with Crippen LogP contribution in [0.25, 0.3) is 0 Å². The number of hydrogen-bond acceptors (Lipinski definition) is 4. The Morgan fingerprint density at radius 1 is 1.33 bits per heavy atom. The lowest BCUT2D eigenvalue weighted by molar-refractivity contribution is 0.0788. The average Bonchev–Trinajstić information content (AvgIpc) is 2.97. The summed E-state index contributed by atoms with van der Waals surface area (Å²) in [5.41, 5.74) is 0.257. The largest absolute Gasteiger partial charge is 0.493 e. The lowest BCUT2D eigenvalue weighted by Crippen LogP contribution is -2.28. The SMILES string of the molecule is CCCOc1ccc(S(=O)(=O)Cl)cc1C(=O)N1CCCC1. The van der Waals surface area contributed by atoms with E-state index in [2.05, 4.69) is 0 Å². The monoisotopic (exact) mass is 331 g/mol.